The Balaban J connectivity index is 1.68. The number of halogens is 2. The van der Waals surface area contributed by atoms with Gasteiger partial charge in [0.1, 0.15) is 0 Å². The molecule has 0 spiro atoms. The van der Waals surface area contributed by atoms with Gasteiger partial charge in [-0.05, 0) is 86.1 Å². The molecule has 2 aromatic carbocycles. The van der Waals surface area contributed by atoms with Crippen LogP contribution in [0.15, 0.2) is 52.4 Å². The lowest BCUT2D eigenvalue weighted by Crippen LogP contribution is -2.19. The molecular formula is C24H19Cl2N3O3S. The van der Waals surface area contributed by atoms with Gasteiger partial charge in [0.2, 0.25) is 0 Å². The number of aryl methyl sites for hydroxylation is 1. The van der Waals surface area contributed by atoms with Crippen LogP contribution in [0.25, 0.3) is 11.8 Å². The molecule has 0 saturated carbocycles. The highest BCUT2D eigenvalue weighted by Gasteiger charge is 2.25. The molecule has 0 radical (unpaired) electrons. The summed E-state index contributed by atoms with van der Waals surface area (Å²) in [6, 6.07) is 12.3. The van der Waals surface area contributed by atoms with E-state index >= 15 is 0 Å². The van der Waals surface area contributed by atoms with Crippen LogP contribution >= 0.6 is 35.0 Å². The fourth-order valence-corrected chi connectivity index (χ4v) is 4.79. The number of nitrogens with one attached hydrogen (secondary N) is 1. The Kier molecular flexibility index (Phi) is 6.38. The molecule has 2 N–H and O–H groups in total. The molecule has 1 aromatic heterocycles. The topological polar surface area (TPSA) is 83.7 Å². The highest BCUT2D eigenvalue weighted by Crippen LogP contribution is 2.33. The average molecular weight is 500 g/mol. The van der Waals surface area contributed by atoms with Gasteiger partial charge in [0.25, 0.3) is 5.91 Å². The zero-order chi connectivity index (χ0) is 23.9. The van der Waals surface area contributed by atoms with E-state index in [2.05, 4.69) is 10.3 Å². The van der Waals surface area contributed by atoms with E-state index in [1.54, 1.807) is 24.3 Å². The molecule has 3 aromatic rings. The number of amides is 1. The SMILES string of the molecule is Cc1c(Cl)cccc1N=C1NC(=O)/C(=C/c2cc(C)n(-c3ccc(Cl)c(C(=O)O)c3)c2C)S1. The molecule has 1 fully saturated rings. The number of benzene rings is 2. The number of hydrogen-bond donors (Lipinski definition) is 2. The third-order valence-corrected chi connectivity index (χ3v) is 6.96. The van der Waals surface area contributed by atoms with Gasteiger partial charge in [-0.15, -0.1) is 0 Å². The van der Waals surface area contributed by atoms with E-state index in [-0.39, 0.29) is 16.5 Å². The fourth-order valence-electron chi connectivity index (χ4n) is 3.60. The van der Waals surface area contributed by atoms with Crippen molar-refractivity contribution in [1.29, 1.82) is 0 Å². The van der Waals surface area contributed by atoms with Gasteiger partial charge >= 0.3 is 5.97 Å². The Morgan fingerprint density at radius 2 is 1.88 bits per heavy atom. The van der Waals surface area contributed by atoms with Crippen LogP contribution in [-0.4, -0.2) is 26.7 Å². The number of amidine groups is 1. The summed E-state index contributed by atoms with van der Waals surface area (Å²) < 4.78 is 1.93. The molecule has 1 saturated heterocycles. The van der Waals surface area contributed by atoms with Crippen LogP contribution in [0.4, 0.5) is 5.69 Å². The summed E-state index contributed by atoms with van der Waals surface area (Å²) in [5.74, 6) is -1.32. The highest BCUT2D eigenvalue weighted by molar-refractivity contribution is 8.18. The number of carbonyl (C=O) groups excluding carboxylic acids is 1. The van der Waals surface area contributed by atoms with Crippen molar-refractivity contribution < 1.29 is 14.7 Å². The van der Waals surface area contributed by atoms with Crippen molar-refractivity contribution >= 4 is 63.8 Å². The molecule has 0 aliphatic carbocycles. The van der Waals surface area contributed by atoms with E-state index < -0.39 is 5.97 Å². The molecule has 33 heavy (non-hydrogen) atoms. The predicted octanol–water partition coefficient (Wildman–Crippen LogP) is 6.30. The minimum absolute atomic E-state index is 0.0319. The average Bonchev–Trinajstić information content (AvgIpc) is 3.24. The van der Waals surface area contributed by atoms with Crippen molar-refractivity contribution in [2.24, 2.45) is 4.99 Å². The largest absolute Gasteiger partial charge is 0.478 e. The minimum Gasteiger partial charge on any atom is -0.478 e. The van der Waals surface area contributed by atoms with Gasteiger partial charge in [-0.2, -0.15) is 0 Å². The zero-order valence-electron chi connectivity index (χ0n) is 17.9. The number of carboxylic acid groups (broad SMARTS) is 1. The Hall–Kier alpha value is -3.00. The normalized spacial score (nSPS) is 16.0. The van der Waals surface area contributed by atoms with E-state index in [9.17, 15) is 14.7 Å². The molecule has 168 valence electrons. The molecule has 0 atom stereocenters. The van der Waals surface area contributed by atoms with E-state index in [0.717, 1.165) is 22.5 Å². The third kappa shape index (κ3) is 4.57. The van der Waals surface area contributed by atoms with Crippen molar-refractivity contribution in [2.75, 3.05) is 0 Å². The van der Waals surface area contributed by atoms with Crippen LogP contribution in [0.5, 0.6) is 0 Å². The standard InChI is InChI=1S/C24H19Cl2N3O3S/c1-12-9-15(14(3)29(12)16-7-8-19(26)17(11-16)23(31)32)10-21-22(30)28-24(33-21)27-20-6-4-5-18(25)13(20)2/h4-11H,1-3H3,(H,31,32)(H,27,28,30)/b21-10-. The lowest BCUT2D eigenvalue weighted by Gasteiger charge is -2.11. The van der Waals surface area contributed by atoms with Gasteiger partial charge in [0, 0.05) is 22.1 Å². The molecule has 1 amide bonds. The maximum absolute atomic E-state index is 12.6. The Morgan fingerprint density at radius 1 is 1.12 bits per heavy atom. The van der Waals surface area contributed by atoms with Gasteiger partial charge in [-0.25, -0.2) is 9.79 Å². The molecule has 1 aliphatic rings. The Bertz CT molecular complexity index is 1380. The summed E-state index contributed by atoms with van der Waals surface area (Å²) in [5.41, 5.74) is 4.85. The van der Waals surface area contributed by atoms with Crippen molar-refractivity contribution in [3.63, 3.8) is 0 Å². The van der Waals surface area contributed by atoms with Crippen molar-refractivity contribution in [1.82, 2.24) is 9.88 Å². The number of nitrogens with zero attached hydrogens (tertiary/aromatic N) is 2. The van der Waals surface area contributed by atoms with Crippen LogP contribution < -0.4 is 5.32 Å². The molecule has 0 unspecified atom stereocenters. The van der Waals surface area contributed by atoms with Crippen LogP contribution in [0.3, 0.4) is 0 Å². The summed E-state index contributed by atoms with van der Waals surface area (Å²) in [6.07, 6.45) is 1.81. The lowest BCUT2D eigenvalue weighted by molar-refractivity contribution is -0.115. The van der Waals surface area contributed by atoms with Gasteiger partial charge in [0.05, 0.1) is 21.2 Å². The number of carboxylic acids is 1. The number of hydrogen-bond acceptors (Lipinski definition) is 4. The summed E-state index contributed by atoms with van der Waals surface area (Å²) in [5, 5.41) is 13.5. The number of aromatic carboxylic acids is 1. The number of aromatic nitrogens is 1. The Labute approximate surface area is 204 Å². The first kappa shape index (κ1) is 23.2. The molecule has 0 bridgehead atoms. The van der Waals surface area contributed by atoms with Gasteiger partial charge in [-0.3, -0.25) is 4.79 Å². The second kappa shape index (κ2) is 9.09. The van der Waals surface area contributed by atoms with E-state index in [1.165, 1.54) is 17.8 Å². The zero-order valence-corrected chi connectivity index (χ0v) is 20.3. The van der Waals surface area contributed by atoms with Gasteiger partial charge in [-0.1, -0.05) is 29.3 Å². The number of carbonyl (C=O) groups is 2. The minimum atomic E-state index is -1.09. The second-order valence-electron chi connectivity index (χ2n) is 7.50. The maximum atomic E-state index is 12.6. The quantitative estimate of drug-likeness (QED) is 0.412. The number of aliphatic imine (C=N–C) groups is 1. The number of rotatable bonds is 4. The maximum Gasteiger partial charge on any atom is 0.337 e. The first-order valence-electron chi connectivity index (χ1n) is 9.92. The first-order valence-corrected chi connectivity index (χ1v) is 11.5. The van der Waals surface area contributed by atoms with Gasteiger partial charge in [0.15, 0.2) is 5.17 Å². The third-order valence-electron chi connectivity index (χ3n) is 5.31. The lowest BCUT2D eigenvalue weighted by atomic mass is 10.2. The van der Waals surface area contributed by atoms with Crippen LogP contribution in [0.2, 0.25) is 10.0 Å². The Morgan fingerprint density at radius 3 is 2.61 bits per heavy atom. The highest BCUT2D eigenvalue weighted by atomic mass is 35.5. The summed E-state index contributed by atoms with van der Waals surface area (Å²) in [7, 11) is 0. The molecule has 4 rings (SSSR count). The molecule has 1 aliphatic heterocycles. The van der Waals surface area contributed by atoms with Crippen molar-refractivity contribution in [3.05, 3.63) is 85.5 Å². The van der Waals surface area contributed by atoms with E-state index in [4.69, 9.17) is 23.2 Å². The first-order chi connectivity index (χ1) is 15.7. The van der Waals surface area contributed by atoms with E-state index in [1.807, 2.05) is 43.5 Å². The van der Waals surface area contributed by atoms with Gasteiger partial charge < -0.3 is 15.0 Å². The van der Waals surface area contributed by atoms with Crippen LogP contribution in [-0.2, 0) is 4.79 Å². The predicted molar refractivity (Wildman–Crippen MR) is 134 cm³/mol. The molecular weight excluding hydrogens is 481 g/mol. The molecule has 6 nitrogen and oxygen atoms in total. The monoisotopic (exact) mass is 499 g/mol. The smallest absolute Gasteiger partial charge is 0.337 e. The van der Waals surface area contributed by atoms with Crippen LogP contribution in [0, 0.1) is 20.8 Å². The molecule has 9 heteroatoms. The number of thioether (sulfide) groups is 1. The van der Waals surface area contributed by atoms with E-state index in [0.29, 0.717) is 26.5 Å². The summed E-state index contributed by atoms with van der Waals surface area (Å²) >= 11 is 13.4. The van der Waals surface area contributed by atoms with Crippen molar-refractivity contribution in [2.45, 2.75) is 20.8 Å². The summed E-state index contributed by atoms with van der Waals surface area (Å²) in [4.78, 5) is 29.1. The summed E-state index contributed by atoms with van der Waals surface area (Å²) in [6.45, 7) is 5.71. The van der Waals surface area contributed by atoms with Crippen molar-refractivity contribution in [3.8, 4) is 5.69 Å². The second-order valence-corrected chi connectivity index (χ2v) is 9.34. The fraction of sp³-hybridized carbons (Fsp3) is 0.125. The van der Waals surface area contributed by atoms with Crippen LogP contribution in [0.1, 0.15) is 32.9 Å². The molecule has 2 heterocycles.